The van der Waals surface area contributed by atoms with Crippen LogP contribution in [-0.4, -0.2) is 47.0 Å². The fraction of sp³-hybridized carbons (Fsp3) is 0.350. The first-order valence-corrected chi connectivity index (χ1v) is 11.3. The number of esters is 1. The molecule has 1 aromatic heterocycles. The number of rotatable bonds is 4. The summed E-state index contributed by atoms with van der Waals surface area (Å²) in [6.07, 6.45) is 1.38. The highest BCUT2D eigenvalue weighted by atomic mass is 35.5. The smallest absolute Gasteiger partial charge is 0.308 e. The van der Waals surface area contributed by atoms with Crippen LogP contribution in [0.5, 0.6) is 5.75 Å². The molecule has 2 heterocycles. The molecule has 3 rings (SSSR count). The first kappa shape index (κ1) is 22.8. The Kier molecular flexibility index (Phi) is 7.57. The Bertz CT molecular complexity index is 986. The Morgan fingerprint density at radius 1 is 1.33 bits per heavy atom. The van der Waals surface area contributed by atoms with E-state index in [1.807, 2.05) is 10.3 Å². The Hall–Kier alpha value is -1.87. The van der Waals surface area contributed by atoms with Crippen LogP contribution in [0.15, 0.2) is 28.7 Å². The largest absolute Gasteiger partial charge is 0.506 e. The molecule has 1 saturated heterocycles. The number of halogens is 2. The van der Waals surface area contributed by atoms with E-state index >= 15 is 0 Å². The lowest BCUT2D eigenvalue weighted by atomic mass is 9.97. The fourth-order valence-corrected chi connectivity index (χ4v) is 4.73. The Balaban J connectivity index is 1.65. The molecule has 0 amide bonds. The van der Waals surface area contributed by atoms with Crippen LogP contribution in [-0.2, 0) is 9.53 Å². The summed E-state index contributed by atoms with van der Waals surface area (Å²) >= 11 is 18.9. The highest BCUT2D eigenvalue weighted by molar-refractivity contribution is 7.80. The molecular formula is C20H21Cl2N3O3S2. The summed E-state index contributed by atoms with van der Waals surface area (Å²) in [5, 5.41) is 18.2. The van der Waals surface area contributed by atoms with Crippen molar-refractivity contribution in [3.05, 3.63) is 39.2 Å². The zero-order chi connectivity index (χ0) is 21.8. The number of piperidine rings is 1. The van der Waals surface area contributed by atoms with E-state index < -0.39 is 0 Å². The fourth-order valence-electron chi connectivity index (χ4n) is 3.20. The number of hydrazone groups is 1. The molecule has 0 spiro atoms. The highest BCUT2D eigenvalue weighted by Gasteiger charge is 2.26. The lowest BCUT2D eigenvalue weighted by molar-refractivity contribution is -0.146. The molecule has 1 aliphatic heterocycles. The van der Waals surface area contributed by atoms with Crippen LogP contribution in [0, 0.1) is 5.92 Å². The van der Waals surface area contributed by atoms with Crippen LogP contribution in [0.3, 0.4) is 0 Å². The summed E-state index contributed by atoms with van der Waals surface area (Å²) in [5.41, 5.74) is 4.88. The minimum Gasteiger partial charge on any atom is -0.506 e. The van der Waals surface area contributed by atoms with Gasteiger partial charge in [0.2, 0.25) is 0 Å². The molecule has 1 aromatic carbocycles. The number of nitrogens with one attached hydrogen (secondary N) is 1. The van der Waals surface area contributed by atoms with Crippen molar-refractivity contribution in [2.24, 2.45) is 11.0 Å². The van der Waals surface area contributed by atoms with Gasteiger partial charge in [-0.2, -0.15) is 5.10 Å². The molecule has 0 radical (unpaired) electrons. The Morgan fingerprint density at radius 3 is 2.67 bits per heavy atom. The molecule has 0 bridgehead atoms. The quantitative estimate of drug-likeness (QED) is 0.277. The molecule has 160 valence electrons. The minimum atomic E-state index is -0.173. The van der Waals surface area contributed by atoms with E-state index in [2.05, 4.69) is 10.5 Å². The number of hydrogen-bond acceptors (Lipinski definition) is 6. The molecule has 10 heteroatoms. The van der Waals surface area contributed by atoms with E-state index in [0.717, 1.165) is 5.56 Å². The van der Waals surface area contributed by atoms with Gasteiger partial charge in [-0.3, -0.25) is 10.2 Å². The van der Waals surface area contributed by atoms with Crippen molar-refractivity contribution in [2.45, 2.75) is 19.8 Å². The van der Waals surface area contributed by atoms with Crippen molar-refractivity contribution in [1.82, 2.24) is 10.3 Å². The predicted octanol–water partition coefficient (Wildman–Crippen LogP) is 4.91. The number of aromatic hydroxyl groups is 1. The number of benzene rings is 1. The summed E-state index contributed by atoms with van der Waals surface area (Å²) in [6, 6.07) is 5.22. The van der Waals surface area contributed by atoms with E-state index in [1.165, 1.54) is 18.4 Å². The van der Waals surface area contributed by atoms with E-state index in [1.54, 1.807) is 25.1 Å². The molecule has 1 aliphatic rings. The van der Waals surface area contributed by atoms with Gasteiger partial charge in [0.25, 0.3) is 0 Å². The Labute approximate surface area is 194 Å². The minimum absolute atomic E-state index is 0.0816. The third-order valence-electron chi connectivity index (χ3n) is 4.97. The van der Waals surface area contributed by atoms with E-state index in [4.69, 9.17) is 40.2 Å². The second kappa shape index (κ2) is 9.96. The van der Waals surface area contributed by atoms with E-state index in [0.29, 0.717) is 57.2 Å². The molecule has 1 fully saturated rings. The number of methoxy groups -OCH3 is 1. The van der Waals surface area contributed by atoms with Gasteiger partial charge < -0.3 is 14.7 Å². The van der Waals surface area contributed by atoms with Crippen molar-refractivity contribution in [3.8, 4) is 16.2 Å². The molecule has 2 aromatic rings. The van der Waals surface area contributed by atoms with Crippen molar-refractivity contribution in [2.75, 3.05) is 20.2 Å². The lowest BCUT2D eigenvalue weighted by Gasteiger charge is -2.31. The van der Waals surface area contributed by atoms with Gasteiger partial charge >= 0.3 is 5.97 Å². The molecule has 0 aliphatic carbocycles. The monoisotopic (exact) mass is 485 g/mol. The number of thiocarbonyl (C=S) groups is 1. The summed E-state index contributed by atoms with van der Waals surface area (Å²) < 4.78 is 4.81. The molecule has 0 saturated carbocycles. The maximum atomic E-state index is 11.6. The first-order valence-electron chi connectivity index (χ1n) is 9.25. The molecule has 30 heavy (non-hydrogen) atoms. The topological polar surface area (TPSA) is 74.2 Å². The van der Waals surface area contributed by atoms with Gasteiger partial charge in [-0.05, 0) is 49.7 Å². The predicted molar refractivity (Wildman–Crippen MR) is 126 cm³/mol. The molecular weight excluding hydrogens is 465 g/mol. The number of nitrogens with zero attached hydrogens (tertiary/aromatic N) is 2. The van der Waals surface area contributed by atoms with Crippen LogP contribution in [0.4, 0.5) is 0 Å². The van der Waals surface area contributed by atoms with Crippen LogP contribution in [0.1, 0.15) is 25.3 Å². The molecule has 2 N–H and O–H groups in total. The SMILES string of the molecule is COC(=O)C1CCN(C(=S)N/N=C(/C)c2csc(-c3ccc(Cl)c(Cl)c3)c2O)CC1. The maximum Gasteiger partial charge on any atom is 0.308 e. The second-order valence-corrected chi connectivity index (χ2v) is 8.94. The average Bonchev–Trinajstić information content (AvgIpc) is 3.14. The maximum absolute atomic E-state index is 11.6. The van der Waals surface area contributed by atoms with Gasteiger partial charge in [0.05, 0.1) is 39.2 Å². The zero-order valence-corrected chi connectivity index (χ0v) is 19.6. The number of thiophene rings is 1. The summed E-state index contributed by atoms with van der Waals surface area (Å²) in [6.45, 7) is 3.11. The van der Waals surface area contributed by atoms with Crippen LogP contribution in [0.25, 0.3) is 10.4 Å². The number of likely N-dealkylation sites (tertiary alicyclic amines) is 1. The van der Waals surface area contributed by atoms with E-state index in [-0.39, 0.29) is 17.6 Å². The second-order valence-electron chi connectivity index (χ2n) is 6.85. The third kappa shape index (κ3) is 5.06. The van der Waals surface area contributed by atoms with Gasteiger partial charge in [0.15, 0.2) is 5.11 Å². The molecule has 6 nitrogen and oxygen atoms in total. The average molecular weight is 486 g/mol. The standard InChI is InChI=1S/C20H21Cl2N3O3S2/c1-11(23-24-20(29)25-7-5-12(6-8-25)19(27)28-2)14-10-30-18(17(14)26)13-3-4-15(21)16(22)9-13/h3-4,9-10,12,26H,5-8H2,1-2H3,(H,24,29)/b23-11-. The van der Waals surface area contributed by atoms with Crippen molar-refractivity contribution in [3.63, 3.8) is 0 Å². The summed E-state index contributed by atoms with van der Waals surface area (Å²) in [5.74, 6) is -0.124. The summed E-state index contributed by atoms with van der Waals surface area (Å²) in [7, 11) is 1.41. The number of carbonyl (C=O) groups excluding carboxylic acids is 1. The number of ether oxygens (including phenoxy) is 1. The van der Waals surface area contributed by atoms with Gasteiger partial charge in [0.1, 0.15) is 5.75 Å². The van der Waals surface area contributed by atoms with Gasteiger partial charge in [0, 0.05) is 18.5 Å². The van der Waals surface area contributed by atoms with Crippen LogP contribution >= 0.6 is 46.8 Å². The first-order chi connectivity index (χ1) is 14.3. The van der Waals surface area contributed by atoms with Gasteiger partial charge in [-0.25, -0.2) is 0 Å². The Morgan fingerprint density at radius 2 is 2.03 bits per heavy atom. The van der Waals surface area contributed by atoms with E-state index in [9.17, 15) is 9.90 Å². The van der Waals surface area contributed by atoms with Crippen LogP contribution in [0.2, 0.25) is 10.0 Å². The number of hydrogen-bond donors (Lipinski definition) is 2. The van der Waals surface area contributed by atoms with Gasteiger partial charge in [-0.15, -0.1) is 11.3 Å². The van der Waals surface area contributed by atoms with Crippen molar-refractivity contribution < 1.29 is 14.6 Å². The number of carbonyl (C=O) groups is 1. The third-order valence-corrected chi connectivity index (χ3v) is 7.08. The molecule has 0 unspecified atom stereocenters. The van der Waals surface area contributed by atoms with Crippen LogP contribution < -0.4 is 5.43 Å². The normalized spacial score (nSPS) is 15.2. The lowest BCUT2D eigenvalue weighted by Crippen LogP contribution is -2.44. The van der Waals surface area contributed by atoms with Crippen molar-refractivity contribution >= 4 is 63.5 Å². The van der Waals surface area contributed by atoms with Crippen molar-refractivity contribution in [1.29, 1.82) is 0 Å². The molecule has 0 atom stereocenters. The zero-order valence-electron chi connectivity index (χ0n) is 16.4. The van der Waals surface area contributed by atoms with Gasteiger partial charge in [-0.1, -0.05) is 29.3 Å². The highest BCUT2D eigenvalue weighted by Crippen LogP contribution is 2.40. The summed E-state index contributed by atoms with van der Waals surface area (Å²) in [4.78, 5) is 14.3.